The van der Waals surface area contributed by atoms with E-state index in [0.29, 0.717) is 36.2 Å². The number of carbonyl (C=O) groups excluding carboxylic acids is 2. The number of thioether (sulfide) groups is 2. The normalized spacial score (nSPS) is 17.6. The summed E-state index contributed by atoms with van der Waals surface area (Å²) in [6.07, 6.45) is 1.89. The summed E-state index contributed by atoms with van der Waals surface area (Å²) in [4.78, 5) is 22.9. The SMILES string of the molecule is CC(=O)SCC(=O)CC1=CCS/C(=N/S(=O)(=O)c2ccc3c(c2)OCCO3)N1. The number of ether oxygens (including phenoxy) is 2. The molecular weight excluding hydrogens is 424 g/mol. The maximum Gasteiger partial charge on any atom is 0.284 e. The molecule has 0 saturated heterocycles. The third-order valence-corrected chi connectivity index (χ3v) is 6.72. The lowest BCUT2D eigenvalue weighted by atomic mass is 10.2. The summed E-state index contributed by atoms with van der Waals surface area (Å²) in [6, 6.07) is 4.35. The lowest BCUT2D eigenvalue weighted by Crippen LogP contribution is -2.27. The number of benzene rings is 1. The predicted molar refractivity (Wildman–Crippen MR) is 108 cm³/mol. The molecule has 0 fully saturated rings. The summed E-state index contributed by atoms with van der Waals surface area (Å²) in [5, 5.41) is 2.96. The molecule has 0 atom stereocenters. The Bertz CT molecular complexity index is 956. The first-order valence-corrected chi connectivity index (χ1v) is 11.7. The Morgan fingerprint density at radius 1 is 1.25 bits per heavy atom. The van der Waals surface area contributed by atoms with Crippen LogP contribution in [-0.4, -0.2) is 49.2 Å². The second-order valence-corrected chi connectivity index (χ2v) is 9.60. The van der Waals surface area contributed by atoms with E-state index in [4.69, 9.17) is 9.47 Å². The van der Waals surface area contributed by atoms with Gasteiger partial charge in [-0.3, -0.25) is 9.59 Å². The van der Waals surface area contributed by atoms with Crippen molar-refractivity contribution >= 4 is 49.6 Å². The van der Waals surface area contributed by atoms with Crippen molar-refractivity contribution in [2.45, 2.75) is 18.2 Å². The first-order chi connectivity index (χ1) is 13.3. The molecule has 0 aliphatic carbocycles. The Balaban J connectivity index is 1.69. The van der Waals surface area contributed by atoms with Gasteiger partial charge in [0.05, 0.1) is 10.6 Å². The lowest BCUT2D eigenvalue weighted by Gasteiger charge is -2.19. The fourth-order valence-electron chi connectivity index (χ4n) is 2.40. The van der Waals surface area contributed by atoms with Gasteiger partial charge < -0.3 is 14.8 Å². The maximum atomic E-state index is 12.6. The summed E-state index contributed by atoms with van der Waals surface area (Å²) >= 11 is 2.17. The number of ketones is 1. The maximum absolute atomic E-state index is 12.6. The fourth-order valence-corrected chi connectivity index (χ4v) is 4.89. The highest BCUT2D eigenvalue weighted by atomic mass is 32.2. The summed E-state index contributed by atoms with van der Waals surface area (Å²) in [5.41, 5.74) is 0.573. The number of amidine groups is 1. The molecule has 8 nitrogen and oxygen atoms in total. The molecule has 1 aromatic rings. The third kappa shape index (κ3) is 5.52. The van der Waals surface area contributed by atoms with Crippen molar-refractivity contribution in [1.29, 1.82) is 0 Å². The number of nitrogens with zero attached hydrogens (tertiary/aromatic N) is 1. The molecule has 0 aromatic heterocycles. The number of fused-ring (bicyclic) bond motifs is 1. The molecule has 2 heterocycles. The highest BCUT2D eigenvalue weighted by molar-refractivity contribution is 8.14. The molecule has 0 amide bonds. The average molecular weight is 443 g/mol. The number of rotatable bonds is 6. The van der Waals surface area contributed by atoms with E-state index < -0.39 is 10.0 Å². The van der Waals surface area contributed by atoms with Crippen LogP contribution in [-0.2, 0) is 19.6 Å². The van der Waals surface area contributed by atoms with Gasteiger partial charge >= 0.3 is 0 Å². The number of carbonyl (C=O) groups is 2. The Labute approximate surface area is 171 Å². The van der Waals surface area contributed by atoms with E-state index in [-0.39, 0.29) is 33.1 Å². The van der Waals surface area contributed by atoms with Crippen LogP contribution in [0.5, 0.6) is 11.5 Å². The molecule has 2 aliphatic rings. The molecule has 150 valence electrons. The Kier molecular flexibility index (Phi) is 6.68. The van der Waals surface area contributed by atoms with Crippen LogP contribution in [0.3, 0.4) is 0 Å². The summed E-state index contributed by atoms with van der Waals surface area (Å²) < 4.78 is 39.9. The van der Waals surface area contributed by atoms with E-state index in [1.54, 1.807) is 12.1 Å². The molecule has 28 heavy (non-hydrogen) atoms. The van der Waals surface area contributed by atoms with Crippen LogP contribution < -0.4 is 14.8 Å². The van der Waals surface area contributed by atoms with Gasteiger partial charge in [0, 0.05) is 30.9 Å². The van der Waals surface area contributed by atoms with Crippen LogP contribution in [0.4, 0.5) is 0 Å². The third-order valence-electron chi connectivity index (χ3n) is 3.66. The van der Waals surface area contributed by atoms with Gasteiger partial charge in [-0.1, -0.05) is 29.6 Å². The minimum absolute atomic E-state index is 0.00307. The van der Waals surface area contributed by atoms with Crippen molar-refractivity contribution in [3.8, 4) is 11.5 Å². The Morgan fingerprint density at radius 2 is 2.00 bits per heavy atom. The van der Waals surface area contributed by atoms with E-state index in [1.165, 1.54) is 30.8 Å². The Morgan fingerprint density at radius 3 is 2.75 bits per heavy atom. The molecule has 1 N–H and O–H groups in total. The van der Waals surface area contributed by atoms with E-state index in [1.807, 2.05) is 0 Å². The van der Waals surface area contributed by atoms with Crippen LogP contribution in [0, 0.1) is 0 Å². The zero-order valence-corrected chi connectivity index (χ0v) is 17.4. The average Bonchev–Trinajstić information content (AvgIpc) is 2.66. The zero-order chi connectivity index (χ0) is 20.1. The topological polar surface area (TPSA) is 111 Å². The molecule has 3 rings (SSSR count). The molecule has 0 bridgehead atoms. The monoisotopic (exact) mass is 442 g/mol. The second-order valence-electron chi connectivity index (χ2n) is 5.84. The molecular formula is C17H18N2O6S3. The molecule has 0 unspecified atom stereocenters. The van der Waals surface area contributed by atoms with Gasteiger partial charge in [0.25, 0.3) is 10.0 Å². The number of nitrogens with one attached hydrogen (secondary N) is 1. The van der Waals surface area contributed by atoms with E-state index in [0.717, 1.165) is 11.8 Å². The fraction of sp³-hybridized carbons (Fsp3) is 0.353. The van der Waals surface area contributed by atoms with Crippen molar-refractivity contribution < 1.29 is 27.5 Å². The van der Waals surface area contributed by atoms with E-state index in [9.17, 15) is 18.0 Å². The zero-order valence-electron chi connectivity index (χ0n) is 15.0. The summed E-state index contributed by atoms with van der Waals surface area (Å²) in [6.45, 7) is 2.17. The minimum Gasteiger partial charge on any atom is -0.486 e. The van der Waals surface area contributed by atoms with Gasteiger partial charge in [-0.15, -0.1) is 4.40 Å². The molecule has 0 saturated carbocycles. The number of sulfonamides is 1. The van der Waals surface area contributed by atoms with E-state index in [2.05, 4.69) is 9.71 Å². The first kappa shape index (κ1) is 20.7. The number of hydrogen-bond donors (Lipinski definition) is 1. The highest BCUT2D eigenvalue weighted by Gasteiger charge is 2.21. The van der Waals surface area contributed by atoms with Crippen molar-refractivity contribution in [3.05, 3.63) is 30.0 Å². The van der Waals surface area contributed by atoms with Gasteiger partial charge in [-0.05, 0) is 12.1 Å². The lowest BCUT2D eigenvalue weighted by molar-refractivity contribution is -0.116. The van der Waals surface area contributed by atoms with Crippen molar-refractivity contribution in [3.63, 3.8) is 0 Å². The molecule has 0 radical (unpaired) electrons. The standard InChI is InChI=1S/C17H18N2O6S3/c1-11(20)27-10-13(21)8-12-4-7-26-17(18-12)19-28(22,23)14-2-3-15-16(9-14)25-6-5-24-15/h2-4,9H,5-8,10H2,1H3,(H,18,19). The van der Waals surface area contributed by atoms with Crippen LogP contribution >= 0.6 is 23.5 Å². The van der Waals surface area contributed by atoms with Crippen molar-refractivity contribution in [1.82, 2.24) is 5.32 Å². The van der Waals surface area contributed by atoms with Gasteiger partial charge in [0.1, 0.15) is 19.0 Å². The van der Waals surface area contributed by atoms with Crippen molar-refractivity contribution in [2.75, 3.05) is 24.7 Å². The van der Waals surface area contributed by atoms with Crippen LogP contribution in [0.25, 0.3) is 0 Å². The van der Waals surface area contributed by atoms with Crippen LogP contribution in [0.1, 0.15) is 13.3 Å². The van der Waals surface area contributed by atoms with Crippen LogP contribution in [0.15, 0.2) is 39.3 Å². The predicted octanol–water partition coefficient (Wildman–Crippen LogP) is 1.96. The number of hydrogen-bond acceptors (Lipinski definition) is 8. The molecule has 11 heteroatoms. The first-order valence-electron chi connectivity index (χ1n) is 8.32. The minimum atomic E-state index is -3.96. The Hall–Kier alpha value is -1.98. The van der Waals surface area contributed by atoms with Gasteiger partial charge in [-0.25, -0.2) is 0 Å². The van der Waals surface area contributed by atoms with Gasteiger partial charge in [-0.2, -0.15) is 8.42 Å². The number of Topliss-reactive ketones (excluding diaryl/α,β-unsaturated/α-hetero) is 1. The van der Waals surface area contributed by atoms with Gasteiger partial charge in [0.2, 0.25) is 0 Å². The largest absolute Gasteiger partial charge is 0.486 e. The molecule has 0 spiro atoms. The van der Waals surface area contributed by atoms with Crippen molar-refractivity contribution in [2.24, 2.45) is 4.40 Å². The molecule has 2 aliphatic heterocycles. The smallest absolute Gasteiger partial charge is 0.284 e. The second kappa shape index (κ2) is 9.01. The molecule has 1 aromatic carbocycles. The quantitative estimate of drug-likeness (QED) is 0.706. The highest BCUT2D eigenvalue weighted by Crippen LogP contribution is 2.33. The van der Waals surface area contributed by atoms with Gasteiger partial charge in [0.15, 0.2) is 21.8 Å². The van der Waals surface area contributed by atoms with Crippen LogP contribution in [0.2, 0.25) is 0 Å². The summed E-state index contributed by atoms with van der Waals surface area (Å²) in [5.74, 6) is 1.31. The van der Waals surface area contributed by atoms with E-state index >= 15 is 0 Å². The number of allylic oxidation sites excluding steroid dienone is 1. The summed E-state index contributed by atoms with van der Waals surface area (Å²) in [7, 11) is -3.96.